The lowest BCUT2D eigenvalue weighted by Gasteiger charge is -1.98. The van der Waals surface area contributed by atoms with Crippen molar-refractivity contribution >= 4 is 5.97 Å². The summed E-state index contributed by atoms with van der Waals surface area (Å²) in [5.41, 5.74) is 0.702. The summed E-state index contributed by atoms with van der Waals surface area (Å²) >= 11 is 0. The number of rotatable bonds is 5. The van der Waals surface area contributed by atoms with Crippen LogP contribution in [0.4, 0.5) is 4.39 Å². The molecule has 1 N–H and O–H groups in total. The molecule has 0 saturated carbocycles. The molecule has 0 radical (unpaired) electrons. The fraction of sp³-hybridized carbons (Fsp3) is 0.308. The molecule has 0 saturated heterocycles. The van der Waals surface area contributed by atoms with Gasteiger partial charge in [0.2, 0.25) is 0 Å². The molecule has 0 atom stereocenters. The number of halogens is 1. The summed E-state index contributed by atoms with van der Waals surface area (Å²) in [6.45, 7) is 2.70. The normalized spacial score (nSPS) is 10.6. The van der Waals surface area contributed by atoms with Crippen molar-refractivity contribution in [3.05, 3.63) is 35.9 Å². The van der Waals surface area contributed by atoms with Gasteiger partial charge in [0.15, 0.2) is 0 Å². The third-order valence-corrected chi connectivity index (χ3v) is 2.70. The fourth-order valence-electron chi connectivity index (χ4n) is 1.72. The zero-order chi connectivity index (χ0) is 13.8. The molecule has 0 aromatic carbocycles. The number of pyridine rings is 1. The summed E-state index contributed by atoms with van der Waals surface area (Å²) in [5, 5.41) is 13.4. The highest BCUT2D eigenvalue weighted by molar-refractivity contribution is 5.94. The van der Waals surface area contributed by atoms with Crippen LogP contribution in [0.25, 0.3) is 11.4 Å². The Balaban J connectivity index is 2.39. The molecule has 0 amide bonds. The molecule has 2 rings (SSSR count). The summed E-state index contributed by atoms with van der Waals surface area (Å²) < 4.78 is 14.4. The number of carboxylic acids is 1. The maximum absolute atomic E-state index is 12.8. The van der Waals surface area contributed by atoms with E-state index in [1.165, 1.54) is 18.3 Å². The van der Waals surface area contributed by atoms with E-state index < -0.39 is 11.8 Å². The molecule has 0 fully saturated rings. The van der Waals surface area contributed by atoms with Gasteiger partial charge in [-0.1, -0.05) is 13.3 Å². The molecular weight excluding hydrogens is 249 g/mol. The van der Waals surface area contributed by atoms with Crippen molar-refractivity contribution in [3.8, 4) is 11.4 Å². The largest absolute Gasteiger partial charge is 0.478 e. The van der Waals surface area contributed by atoms with E-state index in [2.05, 4.69) is 10.1 Å². The van der Waals surface area contributed by atoms with Crippen LogP contribution in [-0.2, 0) is 6.54 Å². The third-order valence-electron chi connectivity index (χ3n) is 2.70. The number of hydrogen-bond acceptors (Lipinski definition) is 3. The second-order valence-corrected chi connectivity index (χ2v) is 4.17. The van der Waals surface area contributed by atoms with Crippen molar-refractivity contribution in [3.63, 3.8) is 0 Å². The summed E-state index contributed by atoms with van der Waals surface area (Å²) in [6, 6.07) is 2.66. The van der Waals surface area contributed by atoms with E-state index in [0.29, 0.717) is 12.2 Å². The number of hydrogen-bond donors (Lipinski definition) is 1. The second-order valence-electron chi connectivity index (χ2n) is 4.17. The van der Waals surface area contributed by atoms with E-state index >= 15 is 0 Å². The molecule has 2 aromatic heterocycles. The first-order valence-corrected chi connectivity index (χ1v) is 6.04. The summed E-state index contributed by atoms with van der Waals surface area (Å²) in [4.78, 5) is 15.1. The minimum atomic E-state index is -1.07. The topological polar surface area (TPSA) is 68.0 Å². The average molecular weight is 263 g/mol. The first-order valence-electron chi connectivity index (χ1n) is 6.04. The smallest absolute Gasteiger partial charge is 0.339 e. The van der Waals surface area contributed by atoms with Crippen molar-refractivity contribution in [2.75, 3.05) is 0 Å². The Morgan fingerprint density at radius 1 is 1.47 bits per heavy atom. The molecule has 0 aliphatic rings. The molecule has 5 nitrogen and oxygen atoms in total. The Bertz CT molecular complexity index is 578. The van der Waals surface area contributed by atoms with E-state index in [1.54, 1.807) is 4.68 Å². The van der Waals surface area contributed by atoms with Gasteiger partial charge < -0.3 is 5.11 Å². The highest BCUT2D eigenvalue weighted by Gasteiger charge is 2.17. The Kier molecular flexibility index (Phi) is 3.89. The molecule has 2 aromatic rings. The quantitative estimate of drug-likeness (QED) is 0.900. The molecule has 0 bridgehead atoms. The molecule has 0 aliphatic heterocycles. The first-order chi connectivity index (χ1) is 9.11. The maximum atomic E-state index is 12.8. The summed E-state index contributed by atoms with van der Waals surface area (Å²) in [6.07, 6.45) is 4.44. The van der Waals surface area contributed by atoms with Crippen LogP contribution in [0.3, 0.4) is 0 Å². The van der Waals surface area contributed by atoms with Crippen LogP contribution >= 0.6 is 0 Å². The minimum Gasteiger partial charge on any atom is -0.478 e. The lowest BCUT2D eigenvalue weighted by molar-refractivity contribution is 0.0697. The number of aryl methyl sites for hydroxylation is 1. The highest BCUT2D eigenvalue weighted by Crippen LogP contribution is 2.20. The Hall–Kier alpha value is -2.24. The average Bonchev–Trinajstić information content (AvgIpc) is 2.81. The van der Waals surface area contributed by atoms with Gasteiger partial charge in [0, 0.05) is 12.7 Å². The predicted octanol–water partition coefficient (Wildman–Crippen LogP) is 2.58. The van der Waals surface area contributed by atoms with Gasteiger partial charge in [-0.3, -0.25) is 9.67 Å². The number of unbranched alkanes of at least 4 members (excludes halogenated alkanes) is 1. The standard InChI is InChI=1S/C13H14FN3O2/c1-2-3-6-17-8-10(13(18)19)12(16-17)11-5-4-9(14)7-15-11/h4-5,7-8H,2-3,6H2,1H3,(H,18,19). The summed E-state index contributed by atoms with van der Waals surface area (Å²) in [5.74, 6) is -1.53. The van der Waals surface area contributed by atoms with Crippen molar-refractivity contribution in [2.45, 2.75) is 26.3 Å². The number of nitrogens with zero attached hydrogens (tertiary/aromatic N) is 3. The van der Waals surface area contributed by atoms with Crippen LogP contribution in [0.1, 0.15) is 30.1 Å². The predicted molar refractivity (Wildman–Crippen MR) is 67.3 cm³/mol. The van der Waals surface area contributed by atoms with Crippen molar-refractivity contribution in [1.82, 2.24) is 14.8 Å². The number of aromatic carboxylic acids is 1. The van der Waals surface area contributed by atoms with Gasteiger partial charge in [-0.2, -0.15) is 5.10 Å². The van der Waals surface area contributed by atoms with Crippen LogP contribution in [0.15, 0.2) is 24.5 Å². The SMILES string of the molecule is CCCCn1cc(C(=O)O)c(-c2ccc(F)cn2)n1. The molecule has 2 heterocycles. The molecule has 19 heavy (non-hydrogen) atoms. The number of carbonyl (C=O) groups is 1. The highest BCUT2D eigenvalue weighted by atomic mass is 19.1. The molecule has 6 heteroatoms. The minimum absolute atomic E-state index is 0.0789. The maximum Gasteiger partial charge on any atom is 0.339 e. The van der Waals surface area contributed by atoms with Gasteiger partial charge in [-0.25, -0.2) is 9.18 Å². The zero-order valence-electron chi connectivity index (χ0n) is 10.5. The van der Waals surface area contributed by atoms with Gasteiger partial charge in [-0.05, 0) is 18.6 Å². The van der Waals surface area contributed by atoms with Gasteiger partial charge in [0.05, 0.1) is 11.9 Å². The van der Waals surface area contributed by atoms with Crippen LogP contribution in [-0.4, -0.2) is 25.8 Å². The van der Waals surface area contributed by atoms with Crippen molar-refractivity contribution < 1.29 is 14.3 Å². The molecule has 0 unspecified atom stereocenters. The van der Waals surface area contributed by atoms with E-state index in [9.17, 15) is 9.18 Å². The Morgan fingerprint density at radius 2 is 2.26 bits per heavy atom. The molecule has 0 aliphatic carbocycles. The van der Waals surface area contributed by atoms with Crippen molar-refractivity contribution in [1.29, 1.82) is 0 Å². The van der Waals surface area contributed by atoms with E-state index in [1.807, 2.05) is 6.92 Å². The summed E-state index contributed by atoms with van der Waals surface area (Å²) in [7, 11) is 0. The number of carboxylic acid groups (broad SMARTS) is 1. The number of aromatic nitrogens is 3. The van der Waals surface area contributed by atoms with Crippen molar-refractivity contribution in [2.24, 2.45) is 0 Å². The van der Waals surface area contributed by atoms with Crippen LogP contribution in [0, 0.1) is 5.82 Å². The molecule has 100 valence electrons. The van der Waals surface area contributed by atoms with E-state index in [4.69, 9.17) is 5.11 Å². The first kappa shape index (κ1) is 13.2. The van der Waals surface area contributed by atoms with Gasteiger partial charge in [-0.15, -0.1) is 0 Å². The van der Waals surface area contributed by atoms with Crippen LogP contribution < -0.4 is 0 Å². The van der Waals surface area contributed by atoms with Gasteiger partial charge >= 0.3 is 5.97 Å². The van der Waals surface area contributed by atoms with Crippen LogP contribution in [0.2, 0.25) is 0 Å². The Morgan fingerprint density at radius 3 is 2.84 bits per heavy atom. The van der Waals surface area contributed by atoms with E-state index in [0.717, 1.165) is 19.0 Å². The lowest BCUT2D eigenvalue weighted by Crippen LogP contribution is -1.98. The Labute approximate surface area is 109 Å². The van der Waals surface area contributed by atoms with Crippen LogP contribution in [0.5, 0.6) is 0 Å². The second kappa shape index (κ2) is 5.60. The fourth-order valence-corrected chi connectivity index (χ4v) is 1.72. The third kappa shape index (κ3) is 2.96. The van der Waals surface area contributed by atoms with E-state index in [-0.39, 0.29) is 11.3 Å². The van der Waals surface area contributed by atoms with Gasteiger partial charge in [0.25, 0.3) is 0 Å². The van der Waals surface area contributed by atoms with Gasteiger partial charge in [0.1, 0.15) is 17.1 Å². The monoisotopic (exact) mass is 263 g/mol. The molecular formula is C13H14FN3O2. The lowest BCUT2D eigenvalue weighted by atomic mass is 10.2. The zero-order valence-corrected chi connectivity index (χ0v) is 10.5. The molecule has 0 spiro atoms.